The second-order valence-electron chi connectivity index (χ2n) is 13.0. The highest BCUT2D eigenvalue weighted by Crippen LogP contribution is 2.14. The minimum Gasteiger partial charge on any atom is -0.394 e. The molecule has 2 atom stereocenters. The molecule has 0 aromatic carbocycles. The maximum absolute atomic E-state index is 12.3. The van der Waals surface area contributed by atoms with Crippen molar-refractivity contribution in [2.75, 3.05) is 6.61 Å². The van der Waals surface area contributed by atoms with Crippen LogP contribution in [0.4, 0.5) is 0 Å². The van der Waals surface area contributed by atoms with Crippen LogP contribution in [0.15, 0.2) is 36.5 Å². The number of rotatable bonds is 34. The van der Waals surface area contributed by atoms with Crippen molar-refractivity contribution in [1.29, 1.82) is 0 Å². The molecule has 4 nitrogen and oxygen atoms in total. The summed E-state index contributed by atoms with van der Waals surface area (Å²) in [4.78, 5) is 12.3. The Morgan fingerprint density at radius 3 is 1.32 bits per heavy atom. The lowest BCUT2D eigenvalue weighted by Crippen LogP contribution is -2.45. The SMILES string of the molecule is CCCCCCCC/C=C/CC/C=C/CC/C=C/C(O)C(CO)NC(=O)CCCCCCCCCCCCCCCCCC. The normalized spacial score (nSPS) is 13.5. The Labute approximate surface area is 274 Å². The number of unbranched alkanes of at least 4 members (excludes halogenated alkanes) is 23. The molecule has 0 spiro atoms. The Hall–Kier alpha value is -1.39. The molecule has 0 aliphatic heterocycles. The quantitative estimate of drug-likeness (QED) is 0.0497. The maximum Gasteiger partial charge on any atom is 0.220 e. The first kappa shape index (κ1) is 42.6. The Morgan fingerprint density at radius 1 is 0.523 bits per heavy atom. The molecule has 44 heavy (non-hydrogen) atoms. The highest BCUT2D eigenvalue weighted by Gasteiger charge is 2.17. The molecule has 0 aliphatic rings. The number of hydrogen-bond acceptors (Lipinski definition) is 3. The van der Waals surface area contributed by atoms with Crippen LogP contribution >= 0.6 is 0 Å². The summed E-state index contributed by atoms with van der Waals surface area (Å²) in [7, 11) is 0. The van der Waals surface area contributed by atoms with E-state index in [1.807, 2.05) is 6.08 Å². The van der Waals surface area contributed by atoms with Gasteiger partial charge in [-0.05, 0) is 44.9 Å². The molecule has 0 saturated heterocycles. The largest absolute Gasteiger partial charge is 0.394 e. The molecule has 0 heterocycles. The molecule has 0 aromatic rings. The van der Waals surface area contributed by atoms with E-state index < -0.39 is 12.1 Å². The lowest BCUT2D eigenvalue weighted by molar-refractivity contribution is -0.123. The topological polar surface area (TPSA) is 69.6 Å². The minimum atomic E-state index is -0.865. The van der Waals surface area contributed by atoms with Crippen LogP contribution in [0.5, 0.6) is 0 Å². The third kappa shape index (κ3) is 32.0. The van der Waals surface area contributed by atoms with E-state index in [-0.39, 0.29) is 12.5 Å². The average molecular weight is 618 g/mol. The summed E-state index contributed by atoms with van der Waals surface area (Å²) >= 11 is 0. The van der Waals surface area contributed by atoms with Gasteiger partial charge in [-0.3, -0.25) is 4.79 Å². The molecule has 2 unspecified atom stereocenters. The zero-order chi connectivity index (χ0) is 32.2. The van der Waals surface area contributed by atoms with Gasteiger partial charge in [0.15, 0.2) is 0 Å². The Balaban J connectivity index is 3.67. The molecule has 258 valence electrons. The van der Waals surface area contributed by atoms with Gasteiger partial charge >= 0.3 is 0 Å². The van der Waals surface area contributed by atoms with Gasteiger partial charge in [-0.2, -0.15) is 0 Å². The molecule has 0 fully saturated rings. The fraction of sp³-hybridized carbons (Fsp3) is 0.825. The van der Waals surface area contributed by atoms with Gasteiger partial charge < -0.3 is 15.5 Å². The number of carbonyl (C=O) groups is 1. The van der Waals surface area contributed by atoms with Crippen LogP contribution in [-0.2, 0) is 4.79 Å². The first-order valence-electron chi connectivity index (χ1n) is 19.2. The first-order valence-corrected chi connectivity index (χ1v) is 19.2. The molecule has 3 N–H and O–H groups in total. The van der Waals surface area contributed by atoms with Gasteiger partial charge in [0.2, 0.25) is 5.91 Å². The zero-order valence-electron chi connectivity index (χ0n) is 29.4. The second-order valence-corrected chi connectivity index (χ2v) is 13.0. The second kappa shape index (κ2) is 36.1. The molecule has 0 saturated carbocycles. The van der Waals surface area contributed by atoms with Crippen molar-refractivity contribution in [1.82, 2.24) is 5.32 Å². The van der Waals surface area contributed by atoms with Crippen LogP contribution in [0.25, 0.3) is 0 Å². The summed E-state index contributed by atoms with van der Waals surface area (Å²) in [5, 5.41) is 22.9. The molecule has 4 heteroatoms. The van der Waals surface area contributed by atoms with Gasteiger partial charge in [0.1, 0.15) is 0 Å². The number of allylic oxidation sites excluding steroid dienone is 5. The fourth-order valence-corrected chi connectivity index (χ4v) is 5.62. The maximum atomic E-state index is 12.3. The Morgan fingerprint density at radius 2 is 0.886 bits per heavy atom. The van der Waals surface area contributed by atoms with Crippen molar-refractivity contribution < 1.29 is 15.0 Å². The van der Waals surface area contributed by atoms with Gasteiger partial charge in [-0.1, -0.05) is 179 Å². The van der Waals surface area contributed by atoms with E-state index >= 15 is 0 Å². The summed E-state index contributed by atoms with van der Waals surface area (Å²) in [6, 6.07) is -0.640. The molecule has 0 aliphatic carbocycles. The van der Waals surface area contributed by atoms with Gasteiger partial charge in [0, 0.05) is 6.42 Å². The monoisotopic (exact) mass is 618 g/mol. The van der Waals surface area contributed by atoms with E-state index in [1.54, 1.807) is 6.08 Å². The van der Waals surface area contributed by atoms with Gasteiger partial charge in [0.25, 0.3) is 0 Å². The number of aliphatic hydroxyl groups excluding tert-OH is 2. The summed E-state index contributed by atoms with van der Waals surface area (Å²) in [5.41, 5.74) is 0. The number of hydrogen-bond donors (Lipinski definition) is 3. The summed E-state index contributed by atoms with van der Waals surface area (Å²) in [5.74, 6) is -0.0779. The minimum absolute atomic E-state index is 0.0779. The molecule has 0 aromatic heterocycles. The average Bonchev–Trinajstić information content (AvgIpc) is 3.03. The number of nitrogens with one attached hydrogen (secondary N) is 1. The molecule has 0 bridgehead atoms. The van der Waals surface area contributed by atoms with E-state index in [1.165, 1.54) is 135 Å². The van der Waals surface area contributed by atoms with Crippen molar-refractivity contribution in [3.63, 3.8) is 0 Å². The predicted molar refractivity (Wildman–Crippen MR) is 193 cm³/mol. The Kier molecular flexibility index (Phi) is 34.9. The number of amides is 1. The fourth-order valence-electron chi connectivity index (χ4n) is 5.62. The van der Waals surface area contributed by atoms with Crippen molar-refractivity contribution in [2.45, 2.75) is 206 Å². The lowest BCUT2D eigenvalue weighted by atomic mass is 10.0. The lowest BCUT2D eigenvalue weighted by Gasteiger charge is -2.19. The van der Waals surface area contributed by atoms with Crippen LogP contribution in [0, 0.1) is 0 Å². The van der Waals surface area contributed by atoms with Crippen molar-refractivity contribution in [3.05, 3.63) is 36.5 Å². The van der Waals surface area contributed by atoms with Crippen LogP contribution < -0.4 is 5.32 Å². The van der Waals surface area contributed by atoms with Gasteiger partial charge in [0.05, 0.1) is 18.8 Å². The third-order valence-electron chi connectivity index (χ3n) is 8.60. The van der Waals surface area contributed by atoms with Crippen molar-refractivity contribution >= 4 is 5.91 Å². The summed E-state index contributed by atoms with van der Waals surface area (Å²) < 4.78 is 0. The van der Waals surface area contributed by atoms with Gasteiger partial charge in [-0.15, -0.1) is 0 Å². The standard InChI is InChI=1S/C40H75NO3/c1-3-5-7-9-11-13-15-17-19-21-23-25-27-29-31-33-35-39(43)38(37-42)41-40(44)36-34-32-30-28-26-24-22-20-18-16-14-12-10-8-6-4-2/h17,19,25,27,33,35,38-39,42-43H,3-16,18,20-24,26,28-32,34,36-37H2,1-2H3,(H,41,44)/b19-17+,27-25+,35-33+. The van der Waals surface area contributed by atoms with Crippen molar-refractivity contribution in [2.24, 2.45) is 0 Å². The smallest absolute Gasteiger partial charge is 0.220 e. The summed E-state index contributed by atoms with van der Waals surface area (Å²) in [6.45, 7) is 4.28. The highest BCUT2D eigenvalue weighted by molar-refractivity contribution is 5.76. The Bertz CT molecular complexity index is 672. The highest BCUT2D eigenvalue weighted by atomic mass is 16.3. The summed E-state index contributed by atoms with van der Waals surface area (Å²) in [6.07, 6.45) is 46.6. The molecular weight excluding hydrogens is 542 g/mol. The van der Waals surface area contributed by atoms with E-state index in [0.29, 0.717) is 6.42 Å². The molecule has 0 rings (SSSR count). The van der Waals surface area contributed by atoms with E-state index in [9.17, 15) is 15.0 Å². The zero-order valence-corrected chi connectivity index (χ0v) is 29.4. The number of carbonyl (C=O) groups excluding carboxylic acids is 1. The van der Waals surface area contributed by atoms with E-state index in [4.69, 9.17) is 0 Å². The molecular formula is C40H75NO3. The predicted octanol–water partition coefficient (Wildman–Crippen LogP) is 11.5. The van der Waals surface area contributed by atoms with Crippen LogP contribution in [-0.4, -0.2) is 34.9 Å². The van der Waals surface area contributed by atoms with Gasteiger partial charge in [-0.25, -0.2) is 0 Å². The number of aliphatic hydroxyl groups is 2. The third-order valence-corrected chi connectivity index (χ3v) is 8.60. The molecule has 0 radical (unpaired) electrons. The first-order chi connectivity index (χ1) is 21.7. The van der Waals surface area contributed by atoms with Crippen LogP contribution in [0.3, 0.4) is 0 Å². The van der Waals surface area contributed by atoms with E-state index in [2.05, 4.69) is 43.5 Å². The molecule has 1 amide bonds. The van der Waals surface area contributed by atoms with Crippen molar-refractivity contribution in [3.8, 4) is 0 Å². The van der Waals surface area contributed by atoms with Crippen LogP contribution in [0.1, 0.15) is 194 Å². The van der Waals surface area contributed by atoms with Crippen LogP contribution in [0.2, 0.25) is 0 Å². The van der Waals surface area contributed by atoms with E-state index in [0.717, 1.165) is 38.5 Å².